The van der Waals surface area contributed by atoms with Gasteiger partial charge in [0.2, 0.25) is 0 Å². The molecule has 0 amide bonds. The molecule has 0 aliphatic heterocycles. The van der Waals surface area contributed by atoms with Crippen molar-refractivity contribution in [1.82, 2.24) is 0 Å². The van der Waals surface area contributed by atoms with Gasteiger partial charge < -0.3 is 4.74 Å². The minimum absolute atomic E-state index is 0.00455. The van der Waals surface area contributed by atoms with Crippen molar-refractivity contribution in [1.29, 1.82) is 5.26 Å². The molecular formula is C18H21NO2. The number of hydrogen-bond donors (Lipinski definition) is 0. The van der Waals surface area contributed by atoms with E-state index in [0.717, 1.165) is 12.8 Å². The molecule has 2 saturated carbocycles. The average molecular weight is 283 g/mol. The number of fused-ring (bicyclic) bond motifs is 1. The van der Waals surface area contributed by atoms with Crippen molar-refractivity contribution >= 4 is 5.97 Å². The molecule has 0 radical (unpaired) electrons. The third-order valence-electron chi connectivity index (χ3n) is 5.02. The lowest BCUT2D eigenvalue weighted by Crippen LogP contribution is -2.20. The molecule has 0 aromatic heterocycles. The zero-order chi connectivity index (χ0) is 15.0. The Morgan fingerprint density at radius 1 is 1.48 bits per heavy atom. The Balaban J connectivity index is 1.66. The van der Waals surface area contributed by atoms with Crippen molar-refractivity contribution < 1.29 is 9.53 Å². The number of nitrogens with zero attached hydrogens (tertiary/aromatic N) is 1. The second kappa shape index (κ2) is 5.52. The molecule has 0 saturated heterocycles. The predicted octanol–water partition coefficient (Wildman–Crippen LogP) is 3.12. The van der Waals surface area contributed by atoms with E-state index < -0.39 is 0 Å². The number of carbonyl (C=O) groups excluding carboxylic acids is 1. The van der Waals surface area contributed by atoms with Gasteiger partial charge in [0.1, 0.15) is 0 Å². The normalized spacial score (nSPS) is 33.1. The van der Waals surface area contributed by atoms with Crippen LogP contribution < -0.4 is 0 Å². The van der Waals surface area contributed by atoms with E-state index in [2.05, 4.69) is 37.3 Å². The summed E-state index contributed by atoms with van der Waals surface area (Å²) in [6.07, 6.45) is 1.93. The molecule has 3 heteroatoms. The van der Waals surface area contributed by atoms with Crippen molar-refractivity contribution in [2.75, 3.05) is 6.61 Å². The lowest BCUT2D eigenvalue weighted by molar-refractivity contribution is -0.145. The van der Waals surface area contributed by atoms with Gasteiger partial charge in [-0.2, -0.15) is 5.26 Å². The van der Waals surface area contributed by atoms with Crippen LogP contribution in [0.4, 0.5) is 0 Å². The van der Waals surface area contributed by atoms with E-state index in [1.807, 2.05) is 6.92 Å². The molecule has 0 spiro atoms. The van der Waals surface area contributed by atoms with E-state index in [0.29, 0.717) is 18.4 Å². The van der Waals surface area contributed by atoms with E-state index in [1.165, 1.54) is 11.1 Å². The second-order valence-electron chi connectivity index (χ2n) is 6.36. The number of rotatable bonds is 4. The van der Waals surface area contributed by atoms with Gasteiger partial charge in [-0.3, -0.25) is 4.79 Å². The van der Waals surface area contributed by atoms with E-state index in [4.69, 9.17) is 4.74 Å². The van der Waals surface area contributed by atoms with Crippen LogP contribution in [0, 0.1) is 47.8 Å². The minimum atomic E-state index is -0.0956. The summed E-state index contributed by atoms with van der Waals surface area (Å²) in [6, 6.07) is 11.0. The van der Waals surface area contributed by atoms with E-state index in [1.54, 1.807) is 0 Å². The van der Waals surface area contributed by atoms with Crippen LogP contribution in [-0.4, -0.2) is 12.6 Å². The number of esters is 1. The molecule has 1 aromatic rings. The van der Waals surface area contributed by atoms with Crippen LogP contribution >= 0.6 is 0 Å². The molecule has 21 heavy (non-hydrogen) atoms. The van der Waals surface area contributed by atoms with Gasteiger partial charge in [-0.05, 0) is 50.0 Å². The fourth-order valence-corrected chi connectivity index (χ4v) is 4.12. The lowest BCUT2D eigenvalue weighted by atomic mass is 9.84. The highest BCUT2D eigenvalue weighted by molar-refractivity contribution is 5.77. The summed E-state index contributed by atoms with van der Waals surface area (Å²) < 4.78 is 5.12. The molecule has 2 aliphatic rings. The average Bonchev–Trinajstić information content (AvgIpc) is 3.03. The molecular weight excluding hydrogens is 262 g/mol. The van der Waals surface area contributed by atoms with Crippen molar-refractivity contribution in [3.05, 3.63) is 35.4 Å². The van der Waals surface area contributed by atoms with Crippen LogP contribution in [0.2, 0.25) is 0 Å². The SMILES string of the molecule is CCOC(=O)C1C2CC(Cc3cccc(C)c3)C(C#N)C21. The molecule has 0 N–H and O–H groups in total. The number of benzene rings is 1. The molecule has 2 aliphatic carbocycles. The minimum Gasteiger partial charge on any atom is -0.466 e. The molecule has 1 aromatic carbocycles. The van der Waals surface area contributed by atoms with Crippen LogP contribution in [0.3, 0.4) is 0 Å². The van der Waals surface area contributed by atoms with Gasteiger partial charge in [0.05, 0.1) is 24.5 Å². The number of carbonyl (C=O) groups is 1. The largest absolute Gasteiger partial charge is 0.466 e. The quantitative estimate of drug-likeness (QED) is 0.798. The summed E-state index contributed by atoms with van der Waals surface area (Å²) in [6.45, 7) is 4.35. The van der Waals surface area contributed by atoms with Gasteiger partial charge in [0.25, 0.3) is 0 Å². The Morgan fingerprint density at radius 3 is 2.95 bits per heavy atom. The van der Waals surface area contributed by atoms with Gasteiger partial charge >= 0.3 is 5.97 Å². The summed E-state index contributed by atoms with van der Waals surface area (Å²) in [5.74, 6) is 0.903. The first-order valence-corrected chi connectivity index (χ1v) is 7.77. The first kappa shape index (κ1) is 14.1. The molecule has 5 atom stereocenters. The molecule has 0 heterocycles. The molecule has 0 bridgehead atoms. The Bertz CT molecular complexity index is 589. The van der Waals surface area contributed by atoms with Crippen molar-refractivity contribution in [3.8, 4) is 6.07 Å². The van der Waals surface area contributed by atoms with Crippen LogP contribution in [0.1, 0.15) is 24.5 Å². The maximum atomic E-state index is 11.9. The van der Waals surface area contributed by atoms with Gasteiger partial charge in [-0.1, -0.05) is 29.8 Å². The van der Waals surface area contributed by atoms with Crippen molar-refractivity contribution in [2.24, 2.45) is 29.6 Å². The summed E-state index contributed by atoms with van der Waals surface area (Å²) in [7, 11) is 0. The van der Waals surface area contributed by atoms with Crippen LogP contribution in [0.15, 0.2) is 24.3 Å². The maximum absolute atomic E-state index is 11.9. The first-order valence-electron chi connectivity index (χ1n) is 7.77. The highest BCUT2D eigenvalue weighted by atomic mass is 16.5. The zero-order valence-electron chi connectivity index (χ0n) is 12.6. The van der Waals surface area contributed by atoms with E-state index in [-0.39, 0.29) is 23.7 Å². The van der Waals surface area contributed by atoms with Crippen molar-refractivity contribution in [2.45, 2.75) is 26.7 Å². The Hall–Kier alpha value is -1.82. The number of ether oxygens (including phenoxy) is 1. The van der Waals surface area contributed by atoms with Gasteiger partial charge in [0, 0.05) is 0 Å². The lowest BCUT2D eigenvalue weighted by Gasteiger charge is -2.18. The molecule has 110 valence electrons. The van der Waals surface area contributed by atoms with Crippen LogP contribution in [-0.2, 0) is 16.0 Å². The number of aryl methyl sites for hydroxylation is 1. The fourth-order valence-electron chi connectivity index (χ4n) is 4.12. The summed E-state index contributed by atoms with van der Waals surface area (Å²) in [4.78, 5) is 11.9. The standard InChI is InChI=1S/C18H21NO2/c1-3-21-18(20)17-14-9-13(15(10-19)16(14)17)8-12-6-4-5-11(2)7-12/h4-7,13-17H,3,8-9H2,1-2H3. The van der Waals surface area contributed by atoms with Gasteiger partial charge in [0.15, 0.2) is 0 Å². The van der Waals surface area contributed by atoms with Gasteiger partial charge in [-0.25, -0.2) is 0 Å². The maximum Gasteiger partial charge on any atom is 0.309 e. The topological polar surface area (TPSA) is 50.1 Å². The van der Waals surface area contributed by atoms with Crippen LogP contribution in [0.5, 0.6) is 0 Å². The molecule has 3 nitrogen and oxygen atoms in total. The van der Waals surface area contributed by atoms with Gasteiger partial charge in [-0.15, -0.1) is 0 Å². The summed E-state index contributed by atoms with van der Waals surface area (Å²) in [5, 5.41) is 9.49. The summed E-state index contributed by atoms with van der Waals surface area (Å²) in [5.41, 5.74) is 2.56. The Labute approximate surface area is 125 Å². The summed E-state index contributed by atoms with van der Waals surface area (Å²) >= 11 is 0. The predicted molar refractivity (Wildman–Crippen MR) is 79.2 cm³/mol. The van der Waals surface area contributed by atoms with E-state index >= 15 is 0 Å². The third-order valence-corrected chi connectivity index (χ3v) is 5.02. The number of nitriles is 1. The smallest absolute Gasteiger partial charge is 0.309 e. The Morgan fingerprint density at radius 2 is 2.29 bits per heavy atom. The zero-order valence-corrected chi connectivity index (χ0v) is 12.6. The molecule has 3 rings (SSSR count). The molecule has 2 fully saturated rings. The highest BCUT2D eigenvalue weighted by Crippen LogP contribution is 2.63. The fraction of sp³-hybridized carbons (Fsp3) is 0.556. The van der Waals surface area contributed by atoms with E-state index in [9.17, 15) is 10.1 Å². The monoisotopic (exact) mass is 283 g/mol. The number of hydrogen-bond acceptors (Lipinski definition) is 3. The second-order valence-corrected chi connectivity index (χ2v) is 6.36. The van der Waals surface area contributed by atoms with Crippen LogP contribution in [0.25, 0.3) is 0 Å². The first-order chi connectivity index (χ1) is 10.2. The molecule has 5 unspecified atom stereocenters. The van der Waals surface area contributed by atoms with Crippen molar-refractivity contribution in [3.63, 3.8) is 0 Å². The highest BCUT2D eigenvalue weighted by Gasteiger charge is 2.65. The Kier molecular flexibility index (Phi) is 3.71. The third kappa shape index (κ3) is 2.55.